The summed E-state index contributed by atoms with van der Waals surface area (Å²) >= 11 is 5.80. The number of carbonyl (C=O) groups excluding carboxylic acids is 1. The summed E-state index contributed by atoms with van der Waals surface area (Å²) in [5.41, 5.74) is 0. The second-order valence-electron chi connectivity index (χ2n) is 5.15. The molecule has 0 spiro atoms. The second-order valence-corrected chi connectivity index (χ2v) is 5.80. The van der Waals surface area contributed by atoms with E-state index in [-0.39, 0.29) is 17.9 Å². The van der Waals surface area contributed by atoms with Crippen LogP contribution in [0.15, 0.2) is 0 Å². The molecule has 1 fully saturated rings. The van der Waals surface area contributed by atoms with Crippen LogP contribution < -0.4 is 0 Å². The van der Waals surface area contributed by atoms with Crippen LogP contribution in [0.2, 0.25) is 0 Å². The maximum atomic E-state index is 11.7. The zero-order valence-corrected chi connectivity index (χ0v) is 11.1. The van der Waals surface area contributed by atoms with Crippen LogP contribution in [0.5, 0.6) is 0 Å². The van der Waals surface area contributed by atoms with Gasteiger partial charge in [-0.15, -0.1) is 11.6 Å². The van der Waals surface area contributed by atoms with Crippen molar-refractivity contribution in [2.24, 2.45) is 11.8 Å². The van der Waals surface area contributed by atoms with Crippen molar-refractivity contribution in [2.75, 3.05) is 13.1 Å². The maximum absolute atomic E-state index is 11.7. The van der Waals surface area contributed by atoms with Gasteiger partial charge in [-0.25, -0.2) is 0 Å². The van der Waals surface area contributed by atoms with Crippen LogP contribution in [0.3, 0.4) is 0 Å². The van der Waals surface area contributed by atoms with E-state index in [1.165, 1.54) is 0 Å². The summed E-state index contributed by atoms with van der Waals surface area (Å²) in [6.45, 7) is 7.25. The first-order chi connectivity index (χ1) is 7.41. The van der Waals surface area contributed by atoms with Gasteiger partial charge < -0.3 is 10.0 Å². The molecule has 1 heterocycles. The Morgan fingerprint density at radius 3 is 2.62 bits per heavy atom. The minimum Gasteiger partial charge on any atom is -0.393 e. The van der Waals surface area contributed by atoms with Gasteiger partial charge in [0.1, 0.15) is 5.38 Å². The molecule has 4 heteroatoms. The molecule has 0 aromatic heterocycles. The third kappa shape index (κ3) is 3.63. The first-order valence-electron chi connectivity index (χ1n) is 6.02. The molecular weight excluding hydrogens is 226 g/mol. The molecule has 0 saturated carbocycles. The van der Waals surface area contributed by atoms with Gasteiger partial charge in [-0.05, 0) is 25.7 Å². The van der Waals surface area contributed by atoms with Gasteiger partial charge in [-0.3, -0.25) is 4.79 Å². The number of halogens is 1. The highest BCUT2D eigenvalue weighted by Crippen LogP contribution is 2.24. The molecule has 1 amide bonds. The van der Waals surface area contributed by atoms with Gasteiger partial charge in [0.05, 0.1) is 6.10 Å². The first kappa shape index (κ1) is 13.8. The highest BCUT2D eigenvalue weighted by atomic mass is 35.5. The standard InChI is InChI=1S/C12H22ClNO2/c1-8(2)6-10-7-14(5-4-11(10)15)12(16)9(3)13/h8-11,15H,4-7H2,1-3H3/t9-,10-,11-/m1/s1. The van der Waals surface area contributed by atoms with Gasteiger partial charge in [-0.1, -0.05) is 13.8 Å². The van der Waals surface area contributed by atoms with Crippen molar-refractivity contribution >= 4 is 17.5 Å². The lowest BCUT2D eigenvalue weighted by Gasteiger charge is -2.37. The van der Waals surface area contributed by atoms with Crippen molar-refractivity contribution in [1.29, 1.82) is 0 Å². The number of piperidine rings is 1. The monoisotopic (exact) mass is 247 g/mol. The fraction of sp³-hybridized carbons (Fsp3) is 0.917. The van der Waals surface area contributed by atoms with Crippen LogP contribution in [-0.4, -0.2) is 40.5 Å². The third-order valence-electron chi connectivity index (χ3n) is 3.12. The molecule has 16 heavy (non-hydrogen) atoms. The topological polar surface area (TPSA) is 40.5 Å². The Bertz CT molecular complexity index is 243. The van der Waals surface area contributed by atoms with E-state index in [0.29, 0.717) is 25.4 Å². The predicted molar refractivity (Wildman–Crippen MR) is 65.5 cm³/mol. The van der Waals surface area contributed by atoms with E-state index < -0.39 is 5.38 Å². The van der Waals surface area contributed by atoms with E-state index in [4.69, 9.17) is 11.6 Å². The summed E-state index contributed by atoms with van der Waals surface area (Å²) in [5, 5.41) is 9.42. The average molecular weight is 248 g/mol. The molecule has 1 aliphatic heterocycles. The number of aliphatic hydroxyl groups is 1. The van der Waals surface area contributed by atoms with E-state index in [2.05, 4.69) is 13.8 Å². The van der Waals surface area contributed by atoms with Crippen LogP contribution in [0, 0.1) is 11.8 Å². The molecule has 0 aliphatic carbocycles. The van der Waals surface area contributed by atoms with Gasteiger partial charge in [-0.2, -0.15) is 0 Å². The first-order valence-corrected chi connectivity index (χ1v) is 6.46. The molecule has 1 rings (SSSR count). The molecule has 1 aliphatic rings. The number of alkyl halides is 1. The summed E-state index contributed by atoms with van der Waals surface area (Å²) in [7, 11) is 0. The molecular formula is C12H22ClNO2. The molecule has 1 saturated heterocycles. The van der Waals surface area contributed by atoms with E-state index in [1.54, 1.807) is 11.8 Å². The minimum atomic E-state index is -0.463. The fourth-order valence-electron chi connectivity index (χ4n) is 2.31. The summed E-state index contributed by atoms with van der Waals surface area (Å²) in [5.74, 6) is 0.735. The molecule has 3 atom stereocenters. The lowest BCUT2D eigenvalue weighted by atomic mass is 9.87. The number of amides is 1. The molecule has 0 aromatic carbocycles. The molecule has 0 aromatic rings. The van der Waals surface area contributed by atoms with Crippen LogP contribution in [0.25, 0.3) is 0 Å². The van der Waals surface area contributed by atoms with E-state index in [1.807, 2.05) is 0 Å². The summed E-state index contributed by atoms with van der Waals surface area (Å²) < 4.78 is 0. The van der Waals surface area contributed by atoms with Crippen LogP contribution in [0.4, 0.5) is 0 Å². The Labute approximate surface area is 103 Å². The Balaban J connectivity index is 2.56. The summed E-state index contributed by atoms with van der Waals surface area (Å²) in [6.07, 6.45) is 1.37. The largest absolute Gasteiger partial charge is 0.393 e. The van der Waals surface area contributed by atoms with Crippen molar-refractivity contribution in [3.8, 4) is 0 Å². The zero-order valence-electron chi connectivity index (χ0n) is 10.3. The second kappa shape index (κ2) is 5.87. The van der Waals surface area contributed by atoms with Gasteiger partial charge in [0, 0.05) is 19.0 Å². The van der Waals surface area contributed by atoms with E-state index in [9.17, 15) is 9.90 Å². The molecule has 1 N–H and O–H groups in total. The molecule has 0 bridgehead atoms. The van der Waals surface area contributed by atoms with Crippen molar-refractivity contribution in [1.82, 2.24) is 4.90 Å². The Hall–Kier alpha value is -0.280. The number of rotatable bonds is 3. The van der Waals surface area contributed by atoms with Crippen molar-refractivity contribution in [3.05, 3.63) is 0 Å². The van der Waals surface area contributed by atoms with E-state index in [0.717, 1.165) is 6.42 Å². The van der Waals surface area contributed by atoms with Crippen LogP contribution in [0.1, 0.15) is 33.6 Å². The van der Waals surface area contributed by atoms with Crippen LogP contribution in [-0.2, 0) is 4.79 Å². The SMILES string of the molecule is CC(C)C[C@@H]1CN(C(=O)[C@@H](C)Cl)CC[C@H]1O. The van der Waals surface area contributed by atoms with Crippen molar-refractivity contribution < 1.29 is 9.90 Å². The van der Waals surface area contributed by atoms with Crippen LogP contribution >= 0.6 is 11.6 Å². The summed E-state index contributed by atoms with van der Waals surface area (Å²) in [6, 6.07) is 0. The molecule has 3 nitrogen and oxygen atoms in total. The predicted octanol–water partition coefficient (Wildman–Crippen LogP) is 1.87. The molecule has 0 radical (unpaired) electrons. The smallest absolute Gasteiger partial charge is 0.240 e. The average Bonchev–Trinajstić information content (AvgIpc) is 2.19. The maximum Gasteiger partial charge on any atom is 0.240 e. The molecule has 0 unspecified atom stereocenters. The Morgan fingerprint density at radius 2 is 2.12 bits per heavy atom. The fourth-order valence-corrected chi connectivity index (χ4v) is 2.45. The lowest BCUT2D eigenvalue weighted by Crippen LogP contribution is -2.48. The summed E-state index contributed by atoms with van der Waals surface area (Å²) in [4.78, 5) is 13.5. The number of hydrogen-bond donors (Lipinski definition) is 1. The number of hydrogen-bond acceptors (Lipinski definition) is 2. The van der Waals surface area contributed by atoms with Crippen molar-refractivity contribution in [3.63, 3.8) is 0 Å². The quantitative estimate of drug-likeness (QED) is 0.774. The Kier molecular flexibility index (Phi) is 5.06. The number of aliphatic hydroxyl groups excluding tert-OH is 1. The van der Waals surface area contributed by atoms with Crippen molar-refractivity contribution in [2.45, 2.75) is 45.1 Å². The minimum absolute atomic E-state index is 0.0117. The van der Waals surface area contributed by atoms with Gasteiger partial charge in [0.2, 0.25) is 5.91 Å². The normalized spacial score (nSPS) is 28.2. The number of carbonyl (C=O) groups is 1. The highest BCUT2D eigenvalue weighted by molar-refractivity contribution is 6.30. The van der Waals surface area contributed by atoms with Gasteiger partial charge in [0.15, 0.2) is 0 Å². The number of nitrogens with zero attached hydrogens (tertiary/aromatic N) is 1. The zero-order chi connectivity index (χ0) is 12.3. The highest BCUT2D eigenvalue weighted by Gasteiger charge is 2.31. The Morgan fingerprint density at radius 1 is 1.50 bits per heavy atom. The molecule has 94 valence electrons. The third-order valence-corrected chi connectivity index (χ3v) is 3.31. The van der Waals surface area contributed by atoms with Gasteiger partial charge in [0.25, 0.3) is 0 Å². The lowest BCUT2D eigenvalue weighted by molar-refractivity contribution is -0.134. The van der Waals surface area contributed by atoms with Gasteiger partial charge >= 0.3 is 0 Å². The number of likely N-dealkylation sites (tertiary alicyclic amines) is 1. The van der Waals surface area contributed by atoms with E-state index >= 15 is 0 Å².